The van der Waals surface area contributed by atoms with Crippen LogP contribution in [0.4, 0.5) is 15.9 Å². The summed E-state index contributed by atoms with van der Waals surface area (Å²) >= 11 is 5.81. The average molecular weight is 343 g/mol. The van der Waals surface area contributed by atoms with E-state index in [1.54, 1.807) is 22.8 Å². The van der Waals surface area contributed by atoms with Gasteiger partial charge in [-0.05, 0) is 43.7 Å². The Balaban J connectivity index is 1.96. The molecule has 0 saturated heterocycles. The second-order valence-electron chi connectivity index (χ2n) is 5.27. The van der Waals surface area contributed by atoms with Crippen LogP contribution in [0.15, 0.2) is 54.9 Å². The van der Waals surface area contributed by atoms with Crippen LogP contribution in [0.5, 0.6) is 0 Å². The molecule has 1 N–H and O–H groups in total. The molecular weight excluding hydrogens is 327 g/mol. The van der Waals surface area contributed by atoms with Crippen LogP contribution in [0.3, 0.4) is 0 Å². The number of rotatable bonds is 4. The predicted octanol–water partition coefficient (Wildman–Crippen LogP) is 5.24. The molecule has 0 spiro atoms. The molecule has 6 heteroatoms. The van der Waals surface area contributed by atoms with Crippen molar-refractivity contribution in [3.8, 4) is 0 Å². The van der Waals surface area contributed by atoms with E-state index < -0.39 is 5.82 Å². The molecule has 0 atom stereocenters. The lowest BCUT2D eigenvalue weighted by Gasteiger charge is -2.07. The Morgan fingerprint density at radius 2 is 2.17 bits per heavy atom. The van der Waals surface area contributed by atoms with Gasteiger partial charge in [0, 0.05) is 17.4 Å². The third-order valence-corrected chi connectivity index (χ3v) is 3.81. The zero-order valence-electron chi connectivity index (χ0n) is 13.3. The second-order valence-corrected chi connectivity index (χ2v) is 5.68. The van der Waals surface area contributed by atoms with Crippen LogP contribution in [0, 0.1) is 5.82 Å². The number of halogens is 2. The van der Waals surface area contributed by atoms with Crippen LogP contribution in [0.2, 0.25) is 5.02 Å². The molecule has 1 aromatic carbocycles. The molecule has 2 heterocycles. The number of aromatic nitrogens is 3. The normalized spacial score (nSPS) is 12.2. The van der Waals surface area contributed by atoms with Gasteiger partial charge in [0.25, 0.3) is 0 Å². The summed E-state index contributed by atoms with van der Waals surface area (Å²) in [5.74, 6) is 0.180. The Morgan fingerprint density at radius 3 is 2.92 bits per heavy atom. The van der Waals surface area contributed by atoms with Gasteiger partial charge < -0.3 is 5.32 Å². The lowest BCUT2D eigenvalue weighted by Crippen LogP contribution is -1.98. The van der Waals surface area contributed by atoms with Crippen LogP contribution < -0.4 is 5.32 Å². The molecule has 0 unspecified atom stereocenters. The van der Waals surface area contributed by atoms with E-state index in [4.69, 9.17) is 11.6 Å². The third-order valence-electron chi connectivity index (χ3n) is 3.52. The Hall–Kier alpha value is -2.66. The number of nitrogens with one attached hydrogen (secondary N) is 1. The first-order valence-corrected chi connectivity index (χ1v) is 7.82. The number of benzene rings is 1. The van der Waals surface area contributed by atoms with E-state index in [1.807, 2.05) is 38.3 Å². The van der Waals surface area contributed by atoms with Crippen molar-refractivity contribution >= 4 is 34.3 Å². The van der Waals surface area contributed by atoms with Crippen molar-refractivity contribution in [2.45, 2.75) is 13.8 Å². The van der Waals surface area contributed by atoms with Gasteiger partial charge in [0.2, 0.25) is 0 Å². The molecule has 3 rings (SSSR count). The second kappa shape index (κ2) is 6.84. The van der Waals surface area contributed by atoms with Crippen molar-refractivity contribution < 1.29 is 4.39 Å². The molecule has 0 aliphatic rings. The van der Waals surface area contributed by atoms with Crippen LogP contribution in [-0.4, -0.2) is 14.6 Å². The van der Waals surface area contributed by atoms with Crippen LogP contribution in [0.1, 0.15) is 19.4 Å². The molecule has 2 aromatic heterocycles. The summed E-state index contributed by atoms with van der Waals surface area (Å²) in [5, 5.41) is 7.50. The SMILES string of the molecule is C/C=C\C=C(/C)c1cnn2ccc(Nc3ccc(F)c(Cl)c3)nc12. The first kappa shape index (κ1) is 16.2. The lowest BCUT2D eigenvalue weighted by molar-refractivity contribution is 0.628. The summed E-state index contributed by atoms with van der Waals surface area (Å²) in [6, 6.07) is 6.25. The molecular formula is C18H16ClFN4. The van der Waals surface area contributed by atoms with E-state index in [0.29, 0.717) is 11.5 Å². The average Bonchev–Trinajstić information content (AvgIpc) is 2.99. The first-order valence-electron chi connectivity index (χ1n) is 7.45. The van der Waals surface area contributed by atoms with Crippen molar-refractivity contribution in [1.29, 1.82) is 0 Å². The molecule has 4 nitrogen and oxygen atoms in total. The number of fused-ring (bicyclic) bond motifs is 1. The van der Waals surface area contributed by atoms with Crippen LogP contribution in [-0.2, 0) is 0 Å². The van der Waals surface area contributed by atoms with Crippen molar-refractivity contribution in [2.24, 2.45) is 0 Å². The summed E-state index contributed by atoms with van der Waals surface area (Å²) in [6.07, 6.45) is 9.56. The molecule has 0 bridgehead atoms. The fraction of sp³-hybridized carbons (Fsp3) is 0.111. The largest absolute Gasteiger partial charge is 0.340 e. The van der Waals surface area contributed by atoms with Gasteiger partial charge in [-0.25, -0.2) is 13.9 Å². The summed E-state index contributed by atoms with van der Waals surface area (Å²) in [5.41, 5.74) is 3.43. The van der Waals surface area contributed by atoms with E-state index in [1.165, 1.54) is 12.1 Å². The van der Waals surface area contributed by atoms with E-state index in [2.05, 4.69) is 15.4 Å². The third kappa shape index (κ3) is 3.31. The molecule has 0 fully saturated rings. The highest BCUT2D eigenvalue weighted by molar-refractivity contribution is 6.31. The lowest BCUT2D eigenvalue weighted by atomic mass is 10.1. The van der Waals surface area contributed by atoms with Gasteiger partial charge in [-0.15, -0.1) is 0 Å². The molecule has 122 valence electrons. The maximum Gasteiger partial charge on any atom is 0.164 e. The van der Waals surface area contributed by atoms with Gasteiger partial charge in [0.05, 0.1) is 11.2 Å². The maximum absolute atomic E-state index is 13.2. The van der Waals surface area contributed by atoms with Gasteiger partial charge in [0.15, 0.2) is 5.65 Å². The number of allylic oxidation sites excluding steroid dienone is 4. The summed E-state index contributed by atoms with van der Waals surface area (Å²) in [6.45, 7) is 3.98. The molecule has 0 aliphatic carbocycles. The van der Waals surface area contributed by atoms with Crippen molar-refractivity contribution in [3.05, 3.63) is 71.3 Å². The van der Waals surface area contributed by atoms with E-state index >= 15 is 0 Å². The summed E-state index contributed by atoms with van der Waals surface area (Å²) < 4.78 is 15.0. The minimum absolute atomic E-state index is 0.0660. The monoisotopic (exact) mass is 342 g/mol. The summed E-state index contributed by atoms with van der Waals surface area (Å²) in [4.78, 5) is 4.60. The molecule has 0 saturated carbocycles. The highest BCUT2D eigenvalue weighted by atomic mass is 35.5. The van der Waals surface area contributed by atoms with Crippen molar-refractivity contribution in [2.75, 3.05) is 5.32 Å². The Kier molecular flexibility index (Phi) is 4.62. The van der Waals surface area contributed by atoms with E-state index in [9.17, 15) is 4.39 Å². The zero-order chi connectivity index (χ0) is 17.1. The van der Waals surface area contributed by atoms with Gasteiger partial charge in [-0.3, -0.25) is 0 Å². The molecule has 0 aliphatic heterocycles. The zero-order valence-corrected chi connectivity index (χ0v) is 14.0. The smallest absolute Gasteiger partial charge is 0.164 e. The van der Waals surface area contributed by atoms with E-state index in [0.717, 1.165) is 16.8 Å². The number of anilines is 2. The quantitative estimate of drug-likeness (QED) is 0.659. The Morgan fingerprint density at radius 1 is 1.33 bits per heavy atom. The first-order chi connectivity index (χ1) is 11.6. The fourth-order valence-electron chi connectivity index (χ4n) is 2.27. The highest BCUT2D eigenvalue weighted by Gasteiger charge is 2.09. The summed E-state index contributed by atoms with van der Waals surface area (Å²) in [7, 11) is 0. The minimum atomic E-state index is -0.451. The Bertz CT molecular complexity index is 943. The number of hydrogen-bond acceptors (Lipinski definition) is 3. The fourth-order valence-corrected chi connectivity index (χ4v) is 2.45. The van der Waals surface area contributed by atoms with Crippen molar-refractivity contribution in [3.63, 3.8) is 0 Å². The number of nitrogens with zero attached hydrogens (tertiary/aromatic N) is 3. The molecule has 0 radical (unpaired) electrons. The minimum Gasteiger partial charge on any atom is -0.340 e. The van der Waals surface area contributed by atoms with Gasteiger partial charge in [0.1, 0.15) is 11.6 Å². The highest BCUT2D eigenvalue weighted by Crippen LogP contribution is 2.24. The molecule has 0 amide bonds. The standard InChI is InChI=1S/C18H16ClFN4/c1-3-4-5-12(2)14-11-21-24-9-8-17(23-18(14)24)22-13-6-7-16(20)15(19)10-13/h3-11H,1-2H3,(H,22,23)/b4-3-,12-5+. The van der Waals surface area contributed by atoms with Gasteiger partial charge in [-0.2, -0.15) is 5.10 Å². The topological polar surface area (TPSA) is 42.2 Å². The van der Waals surface area contributed by atoms with E-state index in [-0.39, 0.29) is 5.02 Å². The number of hydrogen-bond donors (Lipinski definition) is 1. The van der Waals surface area contributed by atoms with Crippen LogP contribution in [0.25, 0.3) is 11.2 Å². The van der Waals surface area contributed by atoms with Crippen LogP contribution >= 0.6 is 11.6 Å². The predicted molar refractivity (Wildman–Crippen MR) is 96.1 cm³/mol. The van der Waals surface area contributed by atoms with Gasteiger partial charge >= 0.3 is 0 Å². The van der Waals surface area contributed by atoms with Gasteiger partial charge in [-0.1, -0.05) is 29.8 Å². The molecule has 24 heavy (non-hydrogen) atoms. The van der Waals surface area contributed by atoms with Crippen molar-refractivity contribution in [1.82, 2.24) is 14.6 Å². The molecule has 3 aromatic rings. The maximum atomic E-state index is 13.2. The Labute approximate surface area is 144 Å².